The Kier molecular flexibility index (Phi) is 6.94. The summed E-state index contributed by atoms with van der Waals surface area (Å²) in [7, 11) is -3.97. The summed E-state index contributed by atoms with van der Waals surface area (Å²) in [5, 5.41) is 0.247. The molecule has 0 aliphatic carbocycles. The standard InChI is InChI=1S/C22H20ClN3O4S/c1-15-7-2-3-8-16(15)14-21(27)24-25-22(28)17-9-6-10-18(13-17)31(29,30)26-20-12-5-4-11-19(20)23/h2-13,26H,14H2,1H3,(H,24,27)(H,25,28). The molecule has 0 aliphatic heterocycles. The summed E-state index contributed by atoms with van der Waals surface area (Å²) in [6.45, 7) is 1.89. The van der Waals surface area contributed by atoms with Crippen molar-refractivity contribution in [3.63, 3.8) is 0 Å². The number of hydrazine groups is 1. The zero-order valence-corrected chi connectivity index (χ0v) is 18.1. The van der Waals surface area contributed by atoms with Gasteiger partial charge >= 0.3 is 0 Å². The molecule has 3 aromatic carbocycles. The Morgan fingerprint density at radius 1 is 0.903 bits per heavy atom. The molecular formula is C22H20ClN3O4S. The van der Waals surface area contributed by atoms with E-state index in [1.165, 1.54) is 30.3 Å². The highest BCUT2D eigenvalue weighted by atomic mass is 35.5. The Morgan fingerprint density at radius 3 is 2.35 bits per heavy atom. The molecule has 7 nitrogen and oxygen atoms in total. The van der Waals surface area contributed by atoms with Crippen LogP contribution in [0.1, 0.15) is 21.5 Å². The van der Waals surface area contributed by atoms with Crippen molar-refractivity contribution in [3.8, 4) is 0 Å². The first kappa shape index (κ1) is 22.3. The van der Waals surface area contributed by atoms with Crippen molar-refractivity contribution in [1.82, 2.24) is 10.9 Å². The van der Waals surface area contributed by atoms with E-state index in [4.69, 9.17) is 11.6 Å². The number of hydrogen-bond acceptors (Lipinski definition) is 4. The predicted molar refractivity (Wildman–Crippen MR) is 119 cm³/mol. The third-order valence-corrected chi connectivity index (χ3v) is 6.15. The second-order valence-electron chi connectivity index (χ2n) is 6.72. The van der Waals surface area contributed by atoms with E-state index in [-0.39, 0.29) is 27.6 Å². The number of carbonyl (C=O) groups excluding carboxylic acids is 2. The Bertz CT molecular complexity index is 1230. The number of carbonyl (C=O) groups is 2. The second-order valence-corrected chi connectivity index (χ2v) is 8.81. The lowest BCUT2D eigenvalue weighted by molar-refractivity contribution is -0.121. The van der Waals surface area contributed by atoms with E-state index in [9.17, 15) is 18.0 Å². The summed E-state index contributed by atoms with van der Waals surface area (Å²) in [6.07, 6.45) is 0.100. The number of aryl methyl sites for hydroxylation is 1. The Morgan fingerprint density at radius 2 is 1.61 bits per heavy atom. The van der Waals surface area contributed by atoms with E-state index >= 15 is 0 Å². The Hall–Kier alpha value is -3.36. The van der Waals surface area contributed by atoms with Gasteiger partial charge in [-0.05, 0) is 48.4 Å². The summed E-state index contributed by atoms with van der Waals surface area (Å²) >= 11 is 6.01. The highest BCUT2D eigenvalue weighted by Crippen LogP contribution is 2.24. The molecule has 0 spiro atoms. The zero-order valence-electron chi connectivity index (χ0n) is 16.6. The van der Waals surface area contributed by atoms with Gasteiger partial charge in [0, 0.05) is 5.56 Å². The number of halogens is 1. The fourth-order valence-electron chi connectivity index (χ4n) is 2.78. The van der Waals surface area contributed by atoms with Crippen molar-refractivity contribution < 1.29 is 18.0 Å². The molecule has 0 atom stereocenters. The van der Waals surface area contributed by atoms with Crippen molar-refractivity contribution >= 4 is 39.1 Å². The van der Waals surface area contributed by atoms with Crippen LogP contribution in [0.25, 0.3) is 0 Å². The third kappa shape index (κ3) is 5.84. The normalized spacial score (nSPS) is 10.9. The van der Waals surface area contributed by atoms with Gasteiger partial charge in [-0.25, -0.2) is 8.42 Å². The van der Waals surface area contributed by atoms with Crippen LogP contribution in [0.3, 0.4) is 0 Å². The summed E-state index contributed by atoms with van der Waals surface area (Å²) in [5.41, 5.74) is 6.74. The number of sulfonamides is 1. The van der Waals surface area contributed by atoms with Crippen molar-refractivity contribution in [1.29, 1.82) is 0 Å². The lowest BCUT2D eigenvalue weighted by Gasteiger charge is -2.11. The van der Waals surface area contributed by atoms with E-state index in [1.807, 2.05) is 31.2 Å². The number of para-hydroxylation sites is 1. The van der Waals surface area contributed by atoms with Crippen LogP contribution < -0.4 is 15.6 Å². The van der Waals surface area contributed by atoms with Crippen LogP contribution in [0.4, 0.5) is 5.69 Å². The molecule has 160 valence electrons. The zero-order chi connectivity index (χ0) is 22.4. The molecule has 3 N–H and O–H groups in total. The summed E-state index contributed by atoms with van der Waals surface area (Å²) in [4.78, 5) is 24.4. The maximum Gasteiger partial charge on any atom is 0.269 e. The molecule has 0 fully saturated rings. The first-order valence-electron chi connectivity index (χ1n) is 9.27. The first-order valence-corrected chi connectivity index (χ1v) is 11.1. The average Bonchev–Trinajstić information content (AvgIpc) is 2.75. The monoisotopic (exact) mass is 457 g/mol. The molecule has 2 amide bonds. The highest BCUT2D eigenvalue weighted by Gasteiger charge is 2.18. The molecule has 3 rings (SSSR count). The number of nitrogens with one attached hydrogen (secondary N) is 3. The van der Waals surface area contributed by atoms with Crippen molar-refractivity contribution in [3.05, 3.63) is 94.5 Å². The number of hydrogen-bond donors (Lipinski definition) is 3. The van der Waals surface area contributed by atoms with Crippen LogP contribution in [0, 0.1) is 6.92 Å². The van der Waals surface area contributed by atoms with E-state index in [1.54, 1.807) is 18.2 Å². The minimum Gasteiger partial charge on any atom is -0.278 e. The fraction of sp³-hybridized carbons (Fsp3) is 0.0909. The second kappa shape index (κ2) is 9.63. The molecular weight excluding hydrogens is 438 g/mol. The van der Waals surface area contributed by atoms with Gasteiger partial charge in [-0.1, -0.05) is 54.1 Å². The Labute approximate surface area is 185 Å². The van der Waals surface area contributed by atoms with Crippen LogP contribution in [0.5, 0.6) is 0 Å². The van der Waals surface area contributed by atoms with Gasteiger partial charge in [0.25, 0.3) is 15.9 Å². The average molecular weight is 458 g/mol. The molecule has 0 heterocycles. The predicted octanol–water partition coefficient (Wildman–Crippen LogP) is 3.45. The molecule has 0 bridgehead atoms. The van der Waals surface area contributed by atoms with Crippen LogP contribution in [-0.4, -0.2) is 20.2 Å². The summed E-state index contributed by atoms with van der Waals surface area (Å²) in [5.74, 6) is -1.04. The minimum atomic E-state index is -3.97. The van der Waals surface area contributed by atoms with Gasteiger partial charge in [-0.15, -0.1) is 0 Å². The minimum absolute atomic E-state index is 0.0678. The number of benzene rings is 3. The van der Waals surface area contributed by atoms with Gasteiger partial charge in [0.1, 0.15) is 0 Å². The van der Waals surface area contributed by atoms with Crippen LogP contribution in [-0.2, 0) is 21.2 Å². The third-order valence-electron chi connectivity index (χ3n) is 4.45. The largest absolute Gasteiger partial charge is 0.278 e. The van der Waals surface area contributed by atoms with E-state index in [0.717, 1.165) is 11.1 Å². The summed E-state index contributed by atoms with van der Waals surface area (Å²) < 4.78 is 27.7. The molecule has 0 radical (unpaired) electrons. The molecule has 31 heavy (non-hydrogen) atoms. The maximum atomic E-state index is 12.7. The lowest BCUT2D eigenvalue weighted by Crippen LogP contribution is -2.42. The SMILES string of the molecule is Cc1ccccc1CC(=O)NNC(=O)c1cccc(S(=O)(=O)Nc2ccccc2Cl)c1. The van der Waals surface area contributed by atoms with E-state index in [0.29, 0.717) is 0 Å². The van der Waals surface area contributed by atoms with Gasteiger partial charge in [-0.3, -0.25) is 25.2 Å². The lowest BCUT2D eigenvalue weighted by atomic mass is 10.1. The smallest absolute Gasteiger partial charge is 0.269 e. The van der Waals surface area contributed by atoms with Crippen molar-refractivity contribution in [2.75, 3.05) is 4.72 Å². The van der Waals surface area contributed by atoms with Gasteiger partial charge in [0.2, 0.25) is 5.91 Å². The number of anilines is 1. The maximum absolute atomic E-state index is 12.7. The molecule has 0 aromatic heterocycles. The molecule has 9 heteroatoms. The molecule has 0 saturated heterocycles. The van der Waals surface area contributed by atoms with Crippen LogP contribution in [0.2, 0.25) is 5.02 Å². The van der Waals surface area contributed by atoms with E-state index in [2.05, 4.69) is 15.6 Å². The van der Waals surface area contributed by atoms with Gasteiger partial charge in [-0.2, -0.15) is 0 Å². The van der Waals surface area contributed by atoms with Crippen LogP contribution >= 0.6 is 11.6 Å². The quantitative estimate of drug-likeness (QED) is 0.493. The molecule has 0 unspecified atom stereocenters. The molecule has 0 aliphatic rings. The first-order chi connectivity index (χ1) is 14.8. The van der Waals surface area contributed by atoms with Crippen LogP contribution in [0.15, 0.2) is 77.7 Å². The topological polar surface area (TPSA) is 104 Å². The van der Waals surface area contributed by atoms with Gasteiger partial charge in [0.05, 0.1) is 22.0 Å². The molecule has 3 aromatic rings. The Balaban J connectivity index is 1.66. The molecule has 0 saturated carbocycles. The van der Waals surface area contributed by atoms with Gasteiger partial charge in [0.15, 0.2) is 0 Å². The van der Waals surface area contributed by atoms with Gasteiger partial charge < -0.3 is 0 Å². The van der Waals surface area contributed by atoms with E-state index < -0.39 is 21.8 Å². The fourth-order valence-corrected chi connectivity index (χ4v) is 4.14. The summed E-state index contributed by atoms with van der Waals surface area (Å²) in [6, 6.07) is 19.3. The highest BCUT2D eigenvalue weighted by molar-refractivity contribution is 7.92. The number of rotatable bonds is 6. The number of amides is 2. The van der Waals surface area contributed by atoms with Crippen molar-refractivity contribution in [2.45, 2.75) is 18.2 Å². The van der Waals surface area contributed by atoms with Crippen molar-refractivity contribution in [2.24, 2.45) is 0 Å².